The van der Waals surface area contributed by atoms with Crippen LogP contribution in [0.1, 0.15) is 31.0 Å². The van der Waals surface area contributed by atoms with Crippen LogP contribution in [0.2, 0.25) is 0 Å². The highest BCUT2D eigenvalue weighted by Gasteiger charge is 2.18. The van der Waals surface area contributed by atoms with E-state index in [9.17, 15) is 0 Å². The van der Waals surface area contributed by atoms with Crippen molar-refractivity contribution in [2.24, 2.45) is 10.9 Å². The molecule has 0 saturated carbocycles. The summed E-state index contributed by atoms with van der Waals surface area (Å²) in [4.78, 5) is 11.3. The monoisotopic (exact) mass is 326 g/mol. The van der Waals surface area contributed by atoms with Gasteiger partial charge < -0.3 is 14.6 Å². The Morgan fingerprint density at radius 3 is 2.67 bits per heavy atom. The molecule has 0 aliphatic carbocycles. The van der Waals surface area contributed by atoms with E-state index in [2.05, 4.69) is 46.2 Å². The van der Waals surface area contributed by atoms with Gasteiger partial charge in [0.05, 0.1) is 12.2 Å². The van der Waals surface area contributed by atoms with Crippen LogP contribution in [-0.2, 0) is 6.54 Å². The zero-order valence-corrected chi connectivity index (χ0v) is 14.7. The number of aliphatic imine (C=N–C) groups is 1. The molecule has 1 N–H and O–H groups in total. The van der Waals surface area contributed by atoms with Gasteiger partial charge in [-0.2, -0.15) is 0 Å². The SMILES string of the molecule is CN=C(NCc1coc(-c2ccc(C)cc2)n1)N1CCC(C)CC1. The van der Waals surface area contributed by atoms with E-state index in [4.69, 9.17) is 4.42 Å². The van der Waals surface area contributed by atoms with E-state index in [1.807, 2.05) is 19.2 Å². The molecule has 128 valence electrons. The fourth-order valence-electron chi connectivity index (χ4n) is 2.94. The molecular formula is C19H26N4O. The average Bonchev–Trinajstić information content (AvgIpc) is 3.06. The van der Waals surface area contributed by atoms with E-state index < -0.39 is 0 Å². The molecule has 3 rings (SSSR count). The Morgan fingerprint density at radius 1 is 1.29 bits per heavy atom. The fourth-order valence-corrected chi connectivity index (χ4v) is 2.94. The number of aryl methyl sites for hydroxylation is 1. The zero-order valence-electron chi connectivity index (χ0n) is 14.7. The molecule has 1 aliphatic heterocycles. The molecule has 0 spiro atoms. The van der Waals surface area contributed by atoms with Crippen LogP contribution in [0.4, 0.5) is 0 Å². The van der Waals surface area contributed by atoms with Gasteiger partial charge in [0.25, 0.3) is 0 Å². The van der Waals surface area contributed by atoms with Crippen LogP contribution in [0.15, 0.2) is 39.9 Å². The number of nitrogens with one attached hydrogen (secondary N) is 1. The summed E-state index contributed by atoms with van der Waals surface area (Å²) in [5.41, 5.74) is 3.12. The maximum absolute atomic E-state index is 5.61. The minimum atomic E-state index is 0.619. The van der Waals surface area contributed by atoms with Gasteiger partial charge in [0.15, 0.2) is 5.96 Å². The molecule has 5 heteroatoms. The first-order valence-electron chi connectivity index (χ1n) is 8.62. The summed E-state index contributed by atoms with van der Waals surface area (Å²) in [6, 6.07) is 8.20. The number of benzene rings is 1. The Morgan fingerprint density at radius 2 is 2.00 bits per heavy atom. The lowest BCUT2D eigenvalue weighted by Gasteiger charge is -2.32. The van der Waals surface area contributed by atoms with Crippen molar-refractivity contribution in [1.82, 2.24) is 15.2 Å². The van der Waals surface area contributed by atoms with Crippen LogP contribution in [0.3, 0.4) is 0 Å². The van der Waals surface area contributed by atoms with Crippen LogP contribution >= 0.6 is 0 Å². The second-order valence-corrected chi connectivity index (χ2v) is 6.58. The summed E-state index contributed by atoms with van der Waals surface area (Å²) in [7, 11) is 1.83. The fraction of sp³-hybridized carbons (Fsp3) is 0.474. The van der Waals surface area contributed by atoms with Gasteiger partial charge in [-0.3, -0.25) is 4.99 Å². The molecular weight excluding hydrogens is 300 g/mol. The predicted octanol–water partition coefficient (Wildman–Crippen LogP) is 3.46. The summed E-state index contributed by atoms with van der Waals surface area (Å²) in [5, 5.41) is 3.40. The van der Waals surface area contributed by atoms with Gasteiger partial charge in [-0.25, -0.2) is 4.98 Å². The minimum absolute atomic E-state index is 0.619. The molecule has 1 aromatic heterocycles. The van der Waals surface area contributed by atoms with Gasteiger partial charge >= 0.3 is 0 Å². The smallest absolute Gasteiger partial charge is 0.226 e. The lowest BCUT2D eigenvalue weighted by atomic mass is 10.00. The van der Waals surface area contributed by atoms with E-state index in [0.29, 0.717) is 12.4 Å². The van der Waals surface area contributed by atoms with Crippen LogP contribution in [0.25, 0.3) is 11.5 Å². The molecule has 24 heavy (non-hydrogen) atoms. The van der Waals surface area contributed by atoms with Crippen molar-refractivity contribution >= 4 is 5.96 Å². The van der Waals surface area contributed by atoms with Gasteiger partial charge in [0.2, 0.25) is 5.89 Å². The summed E-state index contributed by atoms with van der Waals surface area (Å²) in [6.45, 7) is 7.13. The van der Waals surface area contributed by atoms with Crippen LogP contribution in [0, 0.1) is 12.8 Å². The summed E-state index contributed by atoms with van der Waals surface area (Å²) >= 11 is 0. The Balaban J connectivity index is 1.59. The average molecular weight is 326 g/mol. The van der Waals surface area contributed by atoms with Crippen molar-refractivity contribution < 1.29 is 4.42 Å². The molecule has 1 fully saturated rings. The molecule has 0 radical (unpaired) electrons. The Hall–Kier alpha value is -2.30. The molecule has 0 bridgehead atoms. The third-order valence-corrected chi connectivity index (χ3v) is 4.57. The first-order valence-corrected chi connectivity index (χ1v) is 8.62. The van der Waals surface area contributed by atoms with Gasteiger partial charge in [0.1, 0.15) is 6.26 Å². The third kappa shape index (κ3) is 3.96. The topological polar surface area (TPSA) is 53.7 Å². The van der Waals surface area contributed by atoms with E-state index in [1.165, 1.54) is 18.4 Å². The van der Waals surface area contributed by atoms with Gasteiger partial charge in [-0.1, -0.05) is 24.6 Å². The van der Waals surface area contributed by atoms with Crippen LogP contribution in [0.5, 0.6) is 0 Å². The maximum Gasteiger partial charge on any atom is 0.226 e. The van der Waals surface area contributed by atoms with E-state index in [0.717, 1.165) is 36.2 Å². The van der Waals surface area contributed by atoms with Gasteiger partial charge in [-0.05, 0) is 37.8 Å². The molecule has 0 atom stereocenters. The number of nitrogens with zero attached hydrogens (tertiary/aromatic N) is 3. The van der Waals surface area contributed by atoms with Crippen LogP contribution < -0.4 is 5.32 Å². The molecule has 0 amide bonds. The van der Waals surface area contributed by atoms with Gasteiger partial charge in [-0.15, -0.1) is 0 Å². The maximum atomic E-state index is 5.61. The lowest BCUT2D eigenvalue weighted by Crippen LogP contribution is -2.45. The number of likely N-dealkylation sites (tertiary alicyclic amines) is 1. The number of hydrogen-bond donors (Lipinski definition) is 1. The highest BCUT2D eigenvalue weighted by molar-refractivity contribution is 5.79. The number of rotatable bonds is 3. The van der Waals surface area contributed by atoms with Crippen molar-refractivity contribution in [2.75, 3.05) is 20.1 Å². The molecule has 0 unspecified atom stereocenters. The second-order valence-electron chi connectivity index (χ2n) is 6.58. The minimum Gasteiger partial charge on any atom is -0.444 e. The highest BCUT2D eigenvalue weighted by atomic mass is 16.3. The molecule has 2 aromatic rings. The lowest BCUT2D eigenvalue weighted by molar-refractivity contribution is 0.273. The molecule has 1 saturated heterocycles. The third-order valence-electron chi connectivity index (χ3n) is 4.57. The van der Waals surface area contributed by atoms with E-state index in [1.54, 1.807) is 6.26 Å². The first-order chi connectivity index (χ1) is 11.7. The number of guanidine groups is 1. The van der Waals surface area contributed by atoms with Crippen molar-refractivity contribution in [3.63, 3.8) is 0 Å². The number of piperidine rings is 1. The molecule has 2 heterocycles. The van der Waals surface area contributed by atoms with Crippen molar-refractivity contribution in [2.45, 2.75) is 33.2 Å². The van der Waals surface area contributed by atoms with Gasteiger partial charge in [0, 0.05) is 25.7 Å². The molecule has 1 aromatic carbocycles. The van der Waals surface area contributed by atoms with Crippen LogP contribution in [-0.4, -0.2) is 36.0 Å². The normalized spacial score (nSPS) is 16.5. The summed E-state index contributed by atoms with van der Waals surface area (Å²) in [6.07, 6.45) is 4.16. The highest BCUT2D eigenvalue weighted by Crippen LogP contribution is 2.19. The quantitative estimate of drug-likeness (QED) is 0.693. The second kappa shape index (κ2) is 7.51. The standard InChI is InChI=1S/C19H26N4O/c1-14-4-6-16(7-5-14)18-22-17(13-24-18)12-21-19(20-3)23-10-8-15(2)9-11-23/h4-7,13,15H,8-12H2,1-3H3,(H,20,21). The summed E-state index contributed by atoms with van der Waals surface area (Å²) < 4.78 is 5.61. The van der Waals surface area contributed by atoms with E-state index >= 15 is 0 Å². The summed E-state index contributed by atoms with van der Waals surface area (Å²) in [5.74, 6) is 2.42. The molecule has 1 aliphatic rings. The largest absolute Gasteiger partial charge is 0.444 e. The Labute approximate surface area is 143 Å². The first kappa shape index (κ1) is 16.6. The van der Waals surface area contributed by atoms with Crippen molar-refractivity contribution in [1.29, 1.82) is 0 Å². The number of aromatic nitrogens is 1. The predicted molar refractivity (Wildman–Crippen MR) is 96.8 cm³/mol. The zero-order chi connectivity index (χ0) is 16.9. The Bertz CT molecular complexity index is 682. The van der Waals surface area contributed by atoms with Crippen molar-refractivity contribution in [3.8, 4) is 11.5 Å². The van der Waals surface area contributed by atoms with Crippen molar-refractivity contribution in [3.05, 3.63) is 41.8 Å². The number of oxazole rings is 1. The number of hydrogen-bond acceptors (Lipinski definition) is 3. The Kier molecular flexibility index (Phi) is 5.18. The van der Waals surface area contributed by atoms with E-state index in [-0.39, 0.29) is 0 Å². The molecule has 5 nitrogen and oxygen atoms in total.